The van der Waals surface area contributed by atoms with Gasteiger partial charge in [0.05, 0.1) is 5.52 Å². The average Bonchev–Trinajstić information content (AvgIpc) is 3.28. The molecule has 1 fully saturated rings. The van der Waals surface area contributed by atoms with Gasteiger partial charge < -0.3 is 14.5 Å². The fraction of sp³-hybridized carbons (Fsp3) is 0.435. The number of fused-ring (bicyclic) bond motifs is 2. The van der Waals surface area contributed by atoms with E-state index in [0.29, 0.717) is 6.04 Å². The minimum atomic E-state index is 0.340. The van der Waals surface area contributed by atoms with Crippen LogP contribution in [0.25, 0.3) is 33.3 Å². The molecule has 7 heteroatoms. The molecule has 156 valence electrons. The molecule has 0 radical (unpaired) electrons. The van der Waals surface area contributed by atoms with E-state index in [1.165, 1.54) is 5.56 Å². The summed E-state index contributed by atoms with van der Waals surface area (Å²) in [6.45, 7) is 11.8. The Bertz CT molecular complexity index is 1200. The van der Waals surface area contributed by atoms with Crippen molar-refractivity contribution >= 4 is 22.2 Å². The van der Waals surface area contributed by atoms with Gasteiger partial charge in [-0.05, 0) is 45.5 Å². The number of rotatable bonds is 4. The van der Waals surface area contributed by atoms with Crippen LogP contribution < -0.4 is 0 Å². The van der Waals surface area contributed by atoms with Crippen molar-refractivity contribution in [2.45, 2.75) is 33.4 Å². The lowest BCUT2D eigenvalue weighted by Crippen LogP contribution is -2.43. The molecule has 7 nitrogen and oxygen atoms in total. The highest BCUT2D eigenvalue weighted by Gasteiger charge is 2.17. The van der Waals surface area contributed by atoms with Gasteiger partial charge in [0.25, 0.3) is 0 Å². The maximum Gasteiger partial charge on any atom is 0.177 e. The zero-order chi connectivity index (χ0) is 20.8. The Labute approximate surface area is 176 Å². The van der Waals surface area contributed by atoms with Crippen molar-refractivity contribution in [2.75, 3.05) is 33.2 Å². The number of nitrogens with zero attached hydrogens (tertiary/aromatic N) is 6. The number of hydrogen-bond acceptors (Lipinski definition) is 5. The normalized spacial score (nSPS) is 16.3. The molecule has 0 saturated carbocycles. The Kier molecular flexibility index (Phi) is 4.79. The van der Waals surface area contributed by atoms with Gasteiger partial charge in [-0.2, -0.15) is 0 Å². The molecule has 0 aliphatic carbocycles. The number of piperazine rings is 1. The highest BCUT2D eigenvalue weighted by molar-refractivity contribution is 5.95. The van der Waals surface area contributed by atoms with Crippen molar-refractivity contribution in [2.24, 2.45) is 0 Å². The van der Waals surface area contributed by atoms with Crippen LogP contribution in [0.1, 0.15) is 31.3 Å². The van der Waals surface area contributed by atoms with Crippen LogP contribution in [-0.4, -0.2) is 67.5 Å². The summed E-state index contributed by atoms with van der Waals surface area (Å²) in [7, 11) is 2.19. The Morgan fingerprint density at radius 2 is 1.87 bits per heavy atom. The highest BCUT2D eigenvalue weighted by Crippen LogP contribution is 2.31. The monoisotopic (exact) mass is 403 g/mol. The van der Waals surface area contributed by atoms with Crippen molar-refractivity contribution in [3.8, 4) is 11.1 Å². The summed E-state index contributed by atoms with van der Waals surface area (Å²) < 4.78 is 2.25. The van der Waals surface area contributed by atoms with Gasteiger partial charge in [0.1, 0.15) is 11.5 Å². The lowest BCUT2D eigenvalue weighted by Gasteiger charge is -2.32. The van der Waals surface area contributed by atoms with Gasteiger partial charge >= 0.3 is 0 Å². The predicted molar refractivity (Wildman–Crippen MR) is 121 cm³/mol. The zero-order valence-electron chi connectivity index (χ0n) is 18.2. The van der Waals surface area contributed by atoms with E-state index < -0.39 is 0 Å². The molecule has 0 bridgehead atoms. The lowest BCUT2D eigenvalue weighted by atomic mass is 10.1. The standard InChI is InChI=1S/C23H29N7/c1-15(2)30-16(3)27-23-21(30)10-18(12-25-23)20-13-26-22-19(20)9-17(11-24-22)14-29-7-5-28(4)6-8-29/h9-13,15H,5-8,14H2,1-4H3,(H,24,26). The van der Waals surface area contributed by atoms with Crippen molar-refractivity contribution < 1.29 is 0 Å². The fourth-order valence-electron chi connectivity index (χ4n) is 4.53. The molecule has 0 atom stereocenters. The van der Waals surface area contributed by atoms with E-state index in [-0.39, 0.29) is 0 Å². The number of aromatic nitrogens is 5. The van der Waals surface area contributed by atoms with E-state index in [0.717, 1.165) is 71.9 Å². The number of aryl methyl sites for hydroxylation is 1. The van der Waals surface area contributed by atoms with E-state index in [2.05, 4.69) is 67.3 Å². The van der Waals surface area contributed by atoms with E-state index >= 15 is 0 Å². The minimum Gasteiger partial charge on any atom is -0.346 e. The number of pyridine rings is 2. The molecule has 1 saturated heterocycles. The number of imidazole rings is 1. The summed E-state index contributed by atoms with van der Waals surface area (Å²) >= 11 is 0. The summed E-state index contributed by atoms with van der Waals surface area (Å²) in [4.78, 5) is 22.2. The van der Waals surface area contributed by atoms with Crippen LogP contribution in [0.3, 0.4) is 0 Å². The molecule has 0 aromatic carbocycles. The number of likely N-dealkylation sites (N-methyl/N-ethyl adjacent to an activating group) is 1. The van der Waals surface area contributed by atoms with Crippen LogP contribution in [0.4, 0.5) is 0 Å². The Balaban J connectivity index is 1.52. The molecule has 30 heavy (non-hydrogen) atoms. The van der Waals surface area contributed by atoms with Gasteiger partial charge in [-0.1, -0.05) is 0 Å². The summed E-state index contributed by atoms with van der Waals surface area (Å²) in [6, 6.07) is 4.83. The molecule has 0 spiro atoms. The van der Waals surface area contributed by atoms with Gasteiger partial charge in [0.15, 0.2) is 5.65 Å². The highest BCUT2D eigenvalue weighted by atomic mass is 15.2. The first-order valence-electron chi connectivity index (χ1n) is 10.7. The quantitative estimate of drug-likeness (QED) is 0.564. The molecule has 0 unspecified atom stereocenters. The average molecular weight is 404 g/mol. The second-order valence-electron chi connectivity index (χ2n) is 8.71. The predicted octanol–water partition coefficient (Wildman–Crippen LogP) is 3.61. The lowest BCUT2D eigenvalue weighted by molar-refractivity contribution is 0.148. The molecule has 1 N–H and O–H groups in total. The van der Waals surface area contributed by atoms with E-state index in [4.69, 9.17) is 0 Å². The summed E-state index contributed by atoms with van der Waals surface area (Å²) in [6.07, 6.45) is 5.97. The number of nitrogens with one attached hydrogen (secondary N) is 1. The Morgan fingerprint density at radius 3 is 2.63 bits per heavy atom. The van der Waals surface area contributed by atoms with Crippen molar-refractivity contribution in [1.82, 2.24) is 34.3 Å². The number of hydrogen-bond donors (Lipinski definition) is 1. The van der Waals surface area contributed by atoms with Gasteiger partial charge in [0, 0.05) is 73.9 Å². The second kappa shape index (κ2) is 7.49. The van der Waals surface area contributed by atoms with Crippen LogP contribution in [-0.2, 0) is 6.54 Å². The van der Waals surface area contributed by atoms with Crippen LogP contribution in [0.2, 0.25) is 0 Å². The third-order valence-electron chi connectivity index (χ3n) is 6.14. The first-order chi connectivity index (χ1) is 14.5. The third kappa shape index (κ3) is 3.38. The van der Waals surface area contributed by atoms with Crippen LogP contribution in [0.5, 0.6) is 0 Å². The largest absolute Gasteiger partial charge is 0.346 e. The maximum absolute atomic E-state index is 4.69. The summed E-state index contributed by atoms with van der Waals surface area (Å²) in [5.41, 5.74) is 6.29. The first-order valence-corrected chi connectivity index (χ1v) is 10.7. The van der Waals surface area contributed by atoms with Crippen LogP contribution in [0.15, 0.2) is 30.7 Å². The Hall–Kier alpha value is -2.77. The smallest absolute Gasteiger partial charge is 0.177 e. The van der Waals surface area contributed by atoms with E-state index in [1.807, 2.05) is 25.5 Å². The summed E-state index contributed by atoms with van der Waals surface area (Å²) in [5, 5.41) is 1.15. The Morgan fingerprint density at radius 1 is 1.07 bits per heavy atom. The molecular weight excluding hydrogens is 374 g/mol. The molecule has 1 aliphatic rings. The summed E-state index contributed by atoms with van der Waals surface area (Å²) in [5.74, 6) is 1.000. The molecule has 5 heterocycles. The van der Waals surface area contributed by atoms with E-state index in [9.17, 15) is 0 Å². The van der Waals surface area contributed by atoms with Crippen molar-refractivity contribution in [1.29, 1.82) is 0 Å². The molecule has 4 aromatic rings. The zero-order valence-corrected chi connectivity index (χ0v) is 18.2. The first kappa shape index (κ1) is 19.2. The van der Waals surface area contributed by atoms with Crippen LogP contribution >= 0.6 is 0 Å². The van der Waals surface area contributed by atoms with Gasteiger partial charge in [-0.15, -0.1) is 0 Å². The van der Waals surface area contributed by atoms with Gasteiger partial charge in [-0.3, -0.25) is 4.90 Å². The molecule has 4 aromatic heterocycles. The van der Waals surface area contributed by atoms with E-state index in [1.54, 1.807) is 0 Å². The van der Waals surface area contributed by atoms with Crippen molar-refractivity contribution in [3.05, 3.63) is 42.1 Å². The third-order valence-corrected chi connectivity index (χ3v) is 6.14. The topological polar surface area (TPSA) is 65.9 Å². The molecular formula is C23H29N7. The molecule has 5 rings (SSSR count). The number of aromatic amines is 1. The maximum atomic E-state index is 4.69. The SMILES string of the molecule is Cc1nc2ncc(-c3c[nH]c4ncc(CN5CCN(C)CC5)cc34)cc2n1C(C)C. The van der Waals surface area contributed by atoms with Crippen molar-refractivity contribution in [3.63, 3.8) is 0 Å². The fourth-order valence-corrected chi connectivity index (χ4v) is 4.53. The van der Waals surface area contributed by atoms with Gasteiger partial charge in [0.2, 0.25) is 0 Å². The molecule has 1 aliphatic heterocycles. The second-order valence-corrected chi connectivity index (χ2v) is 8.71. The van der Waals surface area contributed by atoms with Crippen LogP contribution in [0, 0.1) is 6.92 Å². The minimum absolute atomic E-state index is 0.340. The van der Waals surface area contributed by atoms with Gasteiger partial charge in [-0.25, -0.2) is 15.0 Å². The molecule has 0 amide bonds. The number of H-pyrrole nitrogens is 1.